The molecule has 8 heteroatoms. The highest BCUT2D eigenvalue weighted by atomic mass is 19.1. The number of nitrogens with zero attached hydrogens (tertiary/aromatic N) is 4. The lowest BCUT2D eigenvalue weighted by Crippen LogP contribution is -2.50. The number of hydrogen-bond acceptors (Lipinski definition) is 4. The first kappa shape index (κ1) is 25.0. The molecule has 0 aliphatic heterocycles. The first-order valence-electron chi connectivity index (χ1n) is 11.9. The summed E-state index contributed by atoms with van der Waals surface area (Å²) in [7, 11) is 0. The van der Waals surface area contributed by atoms with Gasteiger partial charge in [0.15, 0.2) is 0 Å². The van der Waals surface area contributed by atoms with E-state index in [1.54, 1.807) is 18.2 Å². The summed E-state index contributed by atoms with van der Waals surface area (Å²) in [6.07, 6.45) is 0.828. The summed E-state index contributed by atoms with van der Waals surface area (Å²) < 4.78 is 16.6. The van der Waals surface area contributed by atoms with Gasteiger partial charge in [-0.2, -0.15) is 0 Å². The number of anilines is 1. The number of fused-ring (bicyclic) bond motifs is 1. The molecule has 4 aromatic rings. The van der Waals surface area contributed by atoms with E-state index < -0.39 is 29.2 Å². The zero-order valence-electron chi connectivity index (χ0n) is 20.9. The van der Waals surface area contributed by atoms with E-state index in [0.29, 0.717) is 16.6 Å². The first-order chi connectivity index (χ1) is 17.2. The van der Waals surface area contributed by atoms with Crippen LogP contribution in [0.4, 0.5) is 10.1 Å². The molecule has 0 aliphatic rings. The van der Waals surface area contributed by atoms with Crippen LogP contribution >= 0.6 is 0 Å². The van der Waals surface area contributed by atoms with Crippen LogP contribution in [-0.4, -0.2) is 32.3 Å². The Hall–Kier alpha value is -4.07. The third kappa shape index (κ3) is 5.43. The molecular formula is C28H30FN5O2. The van der Waals surface area contributed by atoms with Gasteiger partial charge in [-0.3, -0.25) is 14.5 Å². The van der Waals surface area contributed by atoms with Crippen molar-refractivity contribution in [1.82, 2.24) is 20.3 Å². The van der Waals surface area contributed by atoms with Gasteiger partial charge >= 0.3 is 0 Å². The Labute approximate surface area is 209 Å². The molecule has 0 saturated heterocycles. The van der Waals surface area contributed by atoms with Gasteiger partial charge in [-0.15, -0.1) is 5.10 Å². The number of rotatable bonds is 7. The van der Waals surface area contributed by atoms with Crippen LogP contribution in [0.2, 0.25) is 0 Å². The molecule has 7 nitrogen and oxygen atoms in total. The molecule has 36 heavy (non-hydrogen) atoms. The maximum absolute atomic E-state index is 15.2. The van der Waals surface area contributed by atoms with Crippen molar-refractivity contribution in [3.8, 4) is 0 Å². The van der Waals surface area contributed by atoms with Crippen LogP contribution in [0.1, 0.15) is 44.9 Å². The highest BCUT2D eigenvalue weighted by Gasteiger charge is 2.36. The fraction of sp³-hybridized carbons (Fsp3) is 0.286. The SMILES string of the molecule is CCc1ccc([C@H](C(=O)NC(C)(C)C)N(C(=O)Cn2nnc3ccccc32)c2ccccc2F)cc1. The summed E-state index contributed by atoms with van der Waals surface area (Å²) in [4.78, 5) is 28.8. The largest absolute Gasteiger partial charge is 0.349 e. The molecule has 1 aromatic heterocycles. The molecule has 0 saturated carbocycles. The molecular weight excluding hydrogens is 457 g/mol. The zero-order valence-corrected chi connectivity index (χ0v) is 20.9. The molecule has 1 N–H and O–H groups in total. The lowest BCUT2D eigenvalue weighted by Gasteiger charge is -2.34. The van der Waals surface area contributed by atoms with Crippen LogP contribution in [0, 0.1) is 5.82 Å². The van der Waals surface area contributed by atoms with Crippen molar-refractivity contribution in [3.63, 3.8) is 0 Å². The number of hydrogen-bond donors (Lipinski definition) is 1. The van der Waals surface area contributed by atoms with Gasteiger partial charge in [0, 0.05) is 5.54 Å². The summed E-state index contributed by atoms with van der Waals surface area (Å²) >= 11 is 0. The fourth-order valence-electron chi connectivity index (χ4n) is 4.09. The second-order valence-electron chi connectivity index (χ2n) is 9.69. The Morgan fingerprint density at radius 3 is 2.33 bits per heavy atom. The Morgan fingerprint density at radius 2 is 1.67 bits per heavy atom. The molecule has 1 atom stereocenters. The second-order valence-corrected chi connectivity index (χ2v) is 9.69. The molecule has 0 spiro atoms. The number of nitrogens with one attached hydrogen (secondary N) is 1. The molecule has 0 aliphatic carbocycles. The number of carbonyl (C=O) groups is 2. The van der Waals surface area contributed by atoms with Gasteiger partial charge in [0.05, 0.1) is 11.2 Å². The highest BCUT2D eigenvalue weighted by molar-refractivity contribution is 6.01. The number of aromatic nitrogens is 3. The van der Waals surface area contributed by atoms with Crippen molar-refractivity contribution < 1.29 is 14.0 Å². The number of aryl methyl sites for hydroxylation is 1. The fourth-order valence-corrected chi connectivity index (χ4v) is 4.09. The summed E-state index contributed by atoms with van der Waals surface area (Å²) in [6, 6.07) is 19.6. The summed E-state index contributed by atoms with van der Waals surface area (Å²) in [5.41, 5.74) is 2.42. The minimum Gasteiger partial charge on any atom is -0.349 e. The second kappa shape index (κ2) is 10.3. The van der Waals surface area contributed by atoms with Crippen LogP contribution in [-0.2, 0) is 22.6 Å². The quantitative estimate of drug-likeness (QED) is 0.405. The standard InChI is InChI=1S/C28H30FN5O2/c1-5-19-14-16-20(17-15-19)26(27(36)30-28(2,3)4)34(23-12-8-6-10-21(23)29)25(35)18-33-24-13-9-7-11-22(24)31-32-33/h6-17,26H,5,18H2,1-4H3,(H,30,36)/t26-/m1/s1. The maximum atomic E-state index is 15.2. The van der Waals surface area contributed by atoms with Crippen LogP contribution in [0.25, 0.3) is 11.0 Å². The Kier molecular flexibility index (Phi) is 7.15. The summed E-state index contributed by atoms with van der Waals surface area (Å²) in [5.74, 6) is -1.51. The number of benzene rings is 3. The lowest BCUT2D eigenvalue weighted by molar-refractivity contribution is -0.128. The molecule has 3 aromatic carbocycles. The molecule has 186 valence electrons. The van der Waals surface area contributed by atoms with E-state index in [2.05, 4.69) is 15.6 Å². The highest BCUT2D eigenvalue weighted by Crippen LogP contribution is 2.31. The van der Waals surface area contributed by atoms with Gasteiger partial charge in [-0.1, -0.05) is 60.7 Å². The van der Waals surface area contributed by atoms with E-state index in [4.69, 9.17) is 0 Å². The molecule has 1 heterocycles. The molecule has 4 rings (SSSR count). The van der Waals surface area contributed by atoms with Gasteiger partial charge < -0.3 is 5.32 Å². The maximum Gasteiger partial charge on any atom is 0.249 e. The van der Waals surface area contributed by atoms with E-state index >= 15 is 4.39 Å². The number of carbonyl (C=O) groups excluding carboxylic acids is 2. The van der Waals surface area contributed by atoms with Crippen LogP contribution < -0.4 is 10.2 Å². The Balaban J connectivity index is 1.83. The molecule has 0 radical (unpaired) electrons. The van der Waals surface area contributed by atoms with E-state index in [1.807, 2.05) is 70.2 Å². The van der Waals surface area contributed by atoms with Gasteiger partial charge in [-0.05, 0) is 62.6 Å². The van der Waals surface area contributed by atoms with Gasteiger partial charge in [0.1, 0.15) is 23.9 Å². The van der Waals surface area contributed by atoms with Gasteiger partial charge in [0.2, 0.25) is 11.8 Å². The molecule has 0 bridgehead atoms. The molecule has 2 amide bonds. The number of para-hydroxylation sites is 2. The predicted octanol–water partition coefficient (Wildman–Crippen LogP) is 4.82. The van der Waals surface area contributed by atoms with Gasteiger partial charge in [0.25, 0.3) is 0 Å². The van der Waals surface area contributed by atoms with Gasteiger partial charge in [-0.25, -0.2) is 9.07 Å². The average Bonchev–Trinajstić information content (AvgIpc) is 3.25. The van der Waals surface area contributed by atoms with Crippen molar-refractivity contribution in [3.05, 3.63) is 89.7 Å². The van der Waals surface area contributed by atoms with Crippen molar-refractivity contribution in [2.24, 2.45) is 0 Å². The third-order valence-corrected chi connectivity index (χ3v) is 5.79. The lowest BCUT2D eigenvalue weighted by atomic mass is 9.99. The predicted molar refractivity (Wildman–Crippen MR) is 138 cm³/mol. The number of halogens is 1. The zero-order chi connectivity index (χ0) is 25.9. The normalized spacial score (nSPS) is 12.4. The molecule has 0 unspecified atom stereocenters. The smallest absolute Gasteiger partial charge is 0.249 e. The van der Waals surface area contributed by atoms with E-state index in [1.165, 1.54) is 21.7 Å². The first-order valence-corrected chi connectivity index (χ1v) is 11.9. The van der Waals surface area contributed by atoms with Crippen LogP contribution in [0.5, 0.6) is 0 Å². The number of amides is 2. The van der Waals surface area contributed by atoms with Crippen LogP contribution in [0.15, 0.2) is 72.8 Å². The molecule has 0 fully saturated rings. The van der Waals surface area contributed by atoms with Crippen molar-refractivity contribution >= 4 is 28.5 Å². The summed E-state index contributed by atoms with van der Waals surface area (Å²) in [5, 5.41) is 11.2. The Morgan fingerprint density at radius 1 is 1.00 bits per heavy atom. The topological polar surface area (TPSA) is 80.1 Å². The van der Waals surface area contributed by atoms with Crippen molar-refractivity contribution in [2.45, 2.75) is 52.2 Å². The summed E-state index contributed by atoms with van der Waals surface area (Å²) in [6.45, 7) is 7.40. The van der Waals surface area contributed by atoms with E-state index in [-0.39, 0.29) is 12.2 Å². The Bertz CT molecular complexity index is 1370. The van der Waals surface area contributed by atoms with E-state index in [0.717, 1.165) is 12.0 Å². The van der Waals surface area contributed by atoms with E-state index in [9.17, 15) is 9.59 Å². The third-order valence-electron chi connectivity index (χ3n) is 5.79. The minimum absolute atomic E-state index is 0.0144. The van der Waals surface area contributed by atoms with Crippen LogP contribution in [0.3, 0.4) is 0 Å². The van der Waals surface area contributed by atoms with Crippen molar-refractivity contribution in [2.75, 3.05) is 4.90 Å². The monoisotopic (exact) mass is 487 g/mol. The minimum atomic E-state index is -1.10. The van der Waals surface area contributed by atoms with Crippen molar-refractivity contribution in [1.29, 1.82) is 0 Å². The average molecular weight is 488 g/mol.